The summed E-state index contributed by atoms with van der Waals surface area (Å²) in [5.74, 6) is 2.55. The van der Waals surface area contributed by atoms with E-state index in [0.717, 1.165) is 0 Å². The lowest BCUT2D eigenvalue weighted by Gasteiger charge is -2.08. The zero-order valence-electron chi connectivity index (χ0n) is 9.30. The highest BCUT2D eigenvalue weighted by Gasteiger charge is 2.15. The van der Waals surface area contributed by atoms with Crippen molar-refractivity contribution in [1.82, 2.24) is 24.7 Å². The van der Waals surface area contributed by atoms with Crippen molar-refractivity contribution in [2.24, 2.45) is 0 Å². The highest BCUT2D eigenvalue weighted by atomic mass is 16.5. The Labute approximate surface area is 92.3 Å². The number of ether oxygens (including phenoxy) is 1. The van der Waals surface area contributed by atoms with Gasteiger partial charge >= 0.3 is 0 Å². The minimum absolute atomic E-state index is 0.278. The maximum atomic E-state index is 5.69. The van der Waals surface area contributed by atoms with E-state index in [1.165, 1.54) is 13.4 Å². The van der Waals surface area contributed by atoms with E-state index in [4.69, 9.17) is 10.5 Å². The molecule has 2 rings (SSSR count). The Bertz CT molecular complexity index is 521. The summed E-state index contributed by atoms with van der Waals surface area (Å²) in [5, 5.41) is 4.21. The molecule has 2 heterocycles. The Kier molecular flexibility index (Phi) is 2.43. The number of anilines is 1. The Balaban J connectivity index is 2.64. The van der Waals surface area contributed by atoms with Crippen LogP contribution in [0.1, 0.15) is 11.6 Å². The van der Waals surface area contributed by atoms with Crippen LogP contribution in [0.25, 0.3) is 5.82 Å². The molecule has 0 aromatic carbocycles. The number of nitrogens with two attached hydrogens (primary N) is 1. The van der Waals surface area contributed by atoms with E-state index in [1.807, 2.05) is 6.92 Å². The third-order valence-electron chi connectivity index (χ3n) is 2.09. The van der Waals surface area contributed by atoms with Crippen LogP contribution < -0.4 is 10.5 Å². The summed E-state index contributed by atoms with van der Waals surface area (Å²) in [6.45, 7) is 3.64. The summed E-state index contributed by atoms with van der Waals surface area (Å²) in [6, 6.07) is 0. The molecule has 0 aliphatic heterocycles. The second kappa shape index (κ2) is 3.76. The summed E-state index contributed by atoms with van der Waals surface area (Å²) in [5.41, 5.74) is 5.69. The maximum Gasteiger partial charge on any atom is 0.206 e. The summed E-state index contributed by atoms with van der Waals surface area (Å²) in [6.07, 6.45) is 1.36. The van der Waals surface area contributed by atoms with Gasteiger partial charge in [-0.3, -0.25) is 0 Å². The van der Waals surface area contributed by atoms with Gasteiger partial charge in [-0.1, -0.05) is 0 Å². The molecule has 0 saturated heterocycles. The van der Waals surface area contributed by atoms with Gasteiger partial charge in [0.1, 0.15) is 18.0 Å². The zero-order chi connectivity index (χ0) is 11.7. The van der Waals surface area contributed by atoms with Crippen LogP contribution in [-0.4, -0.2) is 31.8 Å². The molecule has 0 saturated carbocycles. The first kappa shape index (κ1) is 10.3. The van der Waals surface area contributed by atoms with Crippen LogP contribution in [0.15, 0.2) is 6.33 Å². The monoisotopic (exact) mass is 220 g/mol. The van der Waals surface area contributed by atoms with E-state index < -0.39 is 0 Å². The van der Waals surface area contributed by atoms with Crippen LogP contribution in [0.4, 0.5) is 5.82 Å². The summed E-state index contributed by atoms with van der Waals surface area (Å²) in [7, 11) is 1.51. The van der Waals surface area contributed by atoms with Crippen LogP contribution >= 0.6 is 0 Å². The van der Waals surface area contributed by atoms with Gasteiger partial charge < -0.3 is 10.5 Å². The molecule has 0 spiro atoms. The van der Waals surface area contributed by atoms with Crippen LogP contribution in [0.2, 0.25) is 0 Å². The van der Waals surface area contributed by atoms with Crippen molar-refractivity contribution in [3.63, 3.8) is 0 Å². The van der Waals surface area contributed by atoms with E-state index in [-0.39, 0.29) is 5.82 Å². The maximum absolute atomic E-state index is 5.69. The third-order valence-corrected chi connectivity index (χ3v) is 2.09. The number of hydrogen-bond donors (Lipinski definition) is 1. The average molecular weight is 220 g/mol. The molecule has 0 radical (unpaired) electrons. The molecule has 84 valence electrons. The smallest absolute Gasteiger partial charge is 0.206 e. The highest BCUT2D eigenvalue weighted by Crippen LogP contribution is 2.25. The van der Waals surface area contributed by atoms with Gasteiger partial charge in [0.05, 0.1) is 7.11 Å². The Morgan fingerprint density at radius 1 is 1.31 bits per heavy atom. The summed E-state index contributed by atoms with van der Waals surface area (Å²) in [4.78, 5) is 12.1. The van der Waals surface area contributed by atoms with Crippen LogP contribution in [0.5, 0.6) is 5.75 Å². The Morgan fingerprint density at radius 2 is 2.06 bits per heavy atom. The molecular formula is C9H12N6O. The second-order valence-electron chi connectivity index (χ2n) is 3.23. The van der Waals surface area contributed by atoms with E-state index in [2.05, 4.69) is 20.1 Å². The first-order valence-corrected chi connectivity index (χ1v) is 4.68. The van der Waals surface area contributed by atoms with Crippen molar-refractivity contribution < 1.29 is 4.74 Å². The van der Waals surface area contributed by atoms with Gasteiger partial charge in [-0.15, -0.1) is 5.10 Å². The van der Waals surface area contributed by atoms with E-state index in [9.17, 15) is 0 Å². The van der Waals surface area contributed by atoms with E-state index >= 15 is 0 Å². The predicted molar refractivity (Wildman–Crippen MR) is 57.4 cm³/mol. The predicted octanol–water partition coefficient (Wildman–Crippen LogP) is 0.265. The molecule has 0 aliphatic rings. The van der Waals surface area contributed by atoms with Crippen molar-refractivity contribution in [3.8, 4) is 11.6 Å². The lowest BCUT2D eigenvalue weighted by atomic mass is 10.4. The van der Waals surface area contributed by atoms with Gasteiger partial charge in [-0.25, -0.2) is 15.0 Å². The normalized spacial score (nSPS) is 10.4. The van der Waals surface area contributed by atoms with Gasteiger partial charge in [0, 0.05) is 0 Å². The molecule has 2 N–H and O–H groups in total. The molecular weight excluding hydrogens is 208 g/mol. The van der Waals surface area contributed by atoms with Gasteiger partial charge in [0.25, 0.3) is 0 Å². The Hall–Kier alpha value is -2.18. The zero-order valence-corrected chi connectivity index (χ0v) is 9.30. The Morgan fingerprint density at radius 3 is 2.62 bits per heavy atom. The lowest BCUT2D eigenvalue weighted by molar-refractivity contribution is 0.409. The van der Waals surface area contributed by atoms with Crippen LogP contribution in [0, 0.1) is 13.8 Å². The molecule has 2 aromatic heterocycles. The van der Waals surface area contributed by atoms with Gasteiger partial charge in [-0.05, 0) is 13.8 Å². The standard InChI is InChI=1S/C9H12N6O/c1-5-13-6(2)15(14-5)9-7(16-3)8(10)11-4-12-9/h4H,1-3H3,(H2,10,11,12). The van der Waals surface area contributed by atoms with E-state index in [1.54, 1.807) is 11.6 Å². The van der Waals surface area contributed by atoms with Crippen LogP contribution in [0.3, 0.4) is 0 Å². The minimum Gasteiger partial charge on any atom is -0.490 e. The molecule has 0 fully saturated rings. The first-order valence-electron chi connectivity index (χ1n) is 4.68. The molecule has 0 aliphatic carbocycles. The molecule has 0 amide bonds. The van der Waals surface area contributed by atoms with Crippen molar-refractivity contribution in [2.45, 2.75) is 13.8 Å². The highest BCUT2D eigenvalue weighted by molar-refractivity contribution is 5.54. The van der Waals surface area contributed by atoms with Gasteiger partial charge in [0.15, 0.2) is 5.82 Å². The van der Waals surface area contributed by atoms with Crippen molar-refractivity contribution in [3.05, 3.63) is 18.0 Å². The van der Waals surface area contributed by atoms with Crippen molar-refractivity contribution in [1.29, 1.82) is 0 Å². The molecule has 16 heavy (non-hydrogen) atoms. The minimum atomic E-state index is 0.278. The topological polar surface area (TPSA) is 91.7 Å². The van der Waals surface area contributed by atoms with Crippen molar-refractivity contribution >= 4 is 5.82 Å². The second-order valence-corrected chi connectivity index (χ2v) is 3.23. The van der Waals surface area contributed by atoms with Gasteiger partial charge in [-0.2, -0.15) is 4.68 Å². The third kappa shape index (κ3) is 1.56. The summed E-state index contributed by atoms with van der Waals surface area (Å²) >= 11 is 0. The molecule has 2 aromatic rings. The number of hydrogen-bond acceptors (Lipinski definition) is 6. The number of rotatable bonds is 2. The van der Waals surface area contributed by atoms with Gasteiger partial charge in [0.2, 0.25) is 11.6 Å². The first-order chi connectivity index (χ1) is 7.63. The fraction of sp³-hybridized carbons (Fsp3) is 0.333. The van der Waals surface area contributed by atoms with Crippen molar-refractivity contribution in [2.75, 3.05) is 12.8 Å². The number of nitrogen functional groups attached to an aromatic ring is 1. The molecule has 0 bridgehead atoms. The number of aromatic nitrogens is 5. The molecule has 0 atom stereocenters. The van der Waals surface area contributed by atoms with E-state index in [0.29, 0.717) is 23.2 Å². The number of methoxy groups -OCH3 is 1. The largest absolute Gasteiger partial charge is 0.490 e. The van der Waals surface area contributed by atoms with Crippen LogP contribution in [-0.2, 0) is 0 Å². The SMILES string of the molecule is COc1c(N)ncnc1-n1nc(C)nc1C. The summed E-state index contributed by atoms with van der Waals surface area (Å²) < 4.78 is 6.73. The fourth-order valence-electron chi connectivity index (χ4n) is 1.45. The molecule has 7 nitrogen and oxygen atoms in total. The quantitative estimate of drug-likeness (QED) is 0.780. The average Bonchev–Trinajstić information content (AvgIpc) is 2.57. The number of aryl methyl sites for hydroxylation is 2. The fourth-order valence-corrected chi connectivity index (χ4v) is 1.45. The molecule has 0 unspecified atom stereocenters. The molecule has 7 heteroatoms. The lowest BCUT2D eigenvalue weighted by Crippen LogP contribution is -2.08. The number of nitrogens with zero attached hydrogens (tertiary/aromatic N) is 5.